The van der Waals surface area contributed by atoms with Gasteiger partial charge in [0.15, 0.2) is 0 Å². The SMILES string of the molecule is Cc1ccc2cc3c(cc2c1)Cc1c-3ccc2c1Cc1ccccc1-2. The lowest BCUT2D eigenvalue weighted by Crippen LogP contribution is -1.90. The van der Waals surface area contributed by atoms with Crippen molar-refractivity contribution in [1.29, 1.82) is 0 Å². The largest absolute Gasteiger partial charge is 0.0619 e. The molecule has 0 unspecified atom stereocenters. The lowest BCUT2D eigenvalue weighted by atomic mass is 9.96. The van der Waals surface area contributed by atoms with E-state index >= 15 is 0 Å². The van der Waals surface area contributed by atoms with Crippen molar-refractivity contribution in [3.8, 4) is 22.3 Å². The van der Waals surface area contributed by atoms with E-state index in [4.69, 9.17) is 0 Å². The van der Waals surface area contributed by atoms with E-state index in [0.29, 0.717) is 0 Å². The van der Waals surface area contributed by atoms with Crippen LogP contribution in [0.25, 0.3) is 33.0 Å². The highest BCUT2D eigenvalue weighted by Crippen LogP contribution is 2.47. The first kappa shape index (κ1) is 13.4. The Bertz CT molecular complexity index is 1190. The lowest BCUT2D eigenvalue weighted by molar-refractivity contribution is 1.16. The maximum Gasteiger partial charge on any atom is -0.00102 e. The maximum atomic E-state index is 2.41. The Balaban J connectivity index is 1.58. The molecule has 0 saturated heterocycles. The molecule has 118 valence electrons. The minimum Gasteiger partial charge on any atom is -0.0619 e. The molecule has 0 amide bonds. The second kappa shape index (κ2) is 4.61. The van der Waals surface area contributed by atoms with Gasteiger partial charge in [-0.3, -0.25) is 0 Å². The zero-order chi connectivity index (χ0) is 16.5. The molecule has 25 heavy (non-hydrogen) atoms. The normalized spacial score (nSPS) is 13.5. The summed E-state index contributed by atoms with van der Waals surface area (Å²) in [6.45, 7) is 2.17. The number of rotatable bonds is 0. The van der Waals surface area contributed by atoms with Gasteiger partial charge in [-0.05, 0) is 81.1 Å². The molecule has 2 aliphatic carbocycles. The number of benzene rings is 4. The van der Waals surface area contributed by atoms with Crippen LogP contribution in [-0.4, -0.2) is 0 Å². The molecular weight excluding hydrogens is 300 g/mol. The lowest BCUT2D eigenvalue weighted by Gasteiger charge is -2.08. The van der Waals surface area contributed by atoms with Crippen molar-refractivity contribution in [2.24, 2.45) is 0 Å². The van der Waals surface area contributed by atoms with E-state index in [1.807, 2.05) is 0 Å². The summed E-state index contributed by atoms with van der Waals surface area (Å²) in [4.78, 5) is 0. The van der Waals surface area contributed by atoms with E-state index in [1.165, 1.54) is 49.7 Å². The van der Waals surface area contributed by atoms with E-state index < -0.39 is 0 Å². The number of aryl methyl sites for hydroxylation is 1. The van der Waals surface area contributed by atoms with Gasteiger partial charge in [-0.2, -0.15) is 0 Å². The molecule has 0 atom stereocenters. The molecule has 4 aromatic carbocycles. The summed E-state index contributed by atoms with van der Waals surface area (Å²) >= 11 is 0. The zero-order valence-electron chi connectivity index (χ0n) is 14.3. The first-order valence-corrected chi connectivity index (χ1v) is 9.04. The first-order chi connectivity index (χ1) is 12.3. The van der Waals surface area contributed by atoms with Gasteiger partial charge in [0.2, 0.25) is 0 Å². The summed E-state index contributed by atoms with van der Waals surface area (Å²) in [6.07, 6.45) is 2.16. The quantitative estimate of drug-likeness (QED) is 0.309. The van der Waals surface area contributed by atoms with Crippen molar-refractivity contribution < 1.29 is 0 Å². The third-order valence-corrected chi connectivity index (χ3v) is 5.98. The van der Waals surface area contributed by atoms with Gasteiger partial charge in [-0.25, -0.2) is 0 Å². The number of fused-ring (bicyclic) bond motifs is 8. The highest BCUT2D eigenvalue weighted by Gasteiger charge is 2.27. The molecule has 0 radical (unpaired) electrons. The van der Waals surface area contributed by atoms with Crippen molar-refractivity contribution in [3.05, 3.63) is 94.5 Å². The Morgan fingerprint density at radius 2 is 1.32 bits per heavy atom. The van der Waals surface area contributed by atoms with Gasteiger partial charge in [-0.15, -0.1) is 0 Å². The third kappa shape index (κ3) is 1.77. The molecule has 4 aromatic rings. The van der Waals surface area contributed by atoms with Crippen LogP contribution in [-0.2, 0) is 12.8 Å². The Hall–Kier alpha value is -2.86. The molecule has 0 saturated carbocycles. The van der Waals surface area contributed by atoms with E-state index in [1.54, 1.807) is 11.1 Å². The van der Waals surface area contributed by atoms with Gasteiger partial charge in [-0.1, -0.05) is 66.2 Å². The molecule has 0 aromatic heterocycles. The Morgan fingerprint density at radius 1 is 0.560 bits per heavy atom. The van der Waals surface area contributed by atoms with Crippen LogP contribution in [0.1, 0.15) is 27.8 Å². The van der Waals surface area contributed by atoms with Gasteiger partial charge in [0, 0.05) is 0 Å². The molecule has 0 aliphatic heterocycles. The predicted octanol–water partition coefficient (Wildman–Crippen LogP) is 6.29. The van der Waals surface area contributed by atoms with Crippen molar-refractivity contribution in [2.45, 2.75) is 19.8 Å². The van der Waals surface area contributed by atoms with E-state index in [9.17, 15) is 0 Å². The van der Waals surface area contributed by atoms with E-state index in [2.05, 4.69) is 73.7 Å². The molecule has 0 fully saturated rings. The van der Waals surface area contributed by atoms with Gasteiger partial charge >= 0.3 is 0 Å². The standard InChI is InChI=1S/C25H18/c1-15-6-7-16-12-23-19(11-18(16)10-15)14-25-22(23)9-8-21-20-5-3-2-4-17(20)13-24(21)25/h2-12H,13-14H2,1H3. The number of hydrogen-bond acceptors (Lipinski definition) is 0. The van der Waals surface area contributed by atoms with Crippen LogP contribution in [0.2, 0.25) is 0 Å². The van der Waals surface area contributed by atoms with E-state index in [0.717, 1.165) is 12.8 Å². The second-order valence-corrected chi connectivity index (χ2v) is 7.49. The van der Waals surface area contributed by atoms with Crippen LogP contribution in [0.15, 0.2) is 66.7 Å². The van der Waals surface area contributed by atoms with Gasteiger partial charge in [0.05, 0.1) is 0 Å². The molecule has 0 heterocycles. The summed E-state index contributed by atoms with van der Waals surface area (Å²) in [5.41, 5.74) is 13.2. The highest BCUT2D eigenvalue weighted by atomic mass is 14.3. The van der Waals surface area contributed by atoms with Crippen LogP contribution >= 0.6 is 0 Å². The summed E-state index contributed by atoms with van der Waals surface area (Å²) in [5.74, 6) is 0. The smallest absolute Gasteiger partial charge is 0.00102 e. The van der Waals surface area contributed by atoms with Crippen molar-refractivity contribution >= 4 is 10.8 Å². The van der Waals surface area contributed by atoms with Crippen molar-refractivity contribution in [3.63, 3.8) is 0 Å². The zero-order valence-corrected chi connectivity index (χ0v) is 14.3. The fourth-order valence-electron chi connectivity index (χ4n) is 4.78. The minimum absolute atomic E-state index is 1.08. The van der Waals surface area contributed by atoms with Crippen LogP contribution in [0.4, 0.5) is 0 Å². The van der Waals surface area contributed by atoms with Gasteiger partial charge in [0.25, 0.3) is 0 Å². The van der Waals surface area contributed by atoms with Gasteiger partial charge < -0.3 is 0 Å². The average molecular weight is 318 g/mol. The number of hydrogen-bond donors (Lipinski definition) is 0. The van der Waals surface area contributed by atoms with E-state index in [-0.39, 0.29) is 0 Å². The van der Waals surface area contributed by atoms with Gasteiger partial charge in [0.1, 0.15) is 0 Å². The summed E-state index contributed by atoms with van der Waals surface area (Å²) in [6, 6.07) is 25.1. The van der Waals surface area contributed by atoms with Crippen LogP contribution in [0.3, 0.4) is 0 Å². The maximum absolute atomic E-state index is 2.41. The Labute approximate surface area is 147 Å². The van der Waals surface area contributed by atoms with Crippen molar-refractivity contribution in [2.75, 3.05) is 0 Å². The first-order valence-electron chi connectivity index (χ1n) is 9.04. The molecular formula is C25H18. The van der Waals surface area contributed by atoms with Crippen LogP contribution < -0.4 is 0 Å². The third-order valence-electron chi connectivity index (χ3n) is 5.98. The fourth-order valence-corrected chi connectivity index (χ4v) is 4.78. The Morgan fingerprint density at radius 3 is 2.20 bits per heavy atom. The molecule has 0 nitrogen and oxygen atoms in total. The Kier molecular flexibility index (Phi) is 2.48. The molecule has 0 bridgehead atoms. The summed E-state index contributed by atoms with van der Waals surface area (Å²) in [5, 5.41) is 2.72. The monoisotopic (exact) mass is 318 g/mol. The predicted molar refractivity (Wildman–Crippen MR) is 105 cm³/mol. The summed E-state index contributed by atoms with van der Waals surface area (Å²) < 4.78 is 0. The molecule has 0 spiro atoms. The summed E-state index contributed by atoms with van der Waals surface area (Å²) in [7, 11) is 0. The molecule has 2 aliphatic rings. The van der Waals surface area contributed by atoms with Crippen LogP contribution in [0, 0.1) is 6.92 Å². The minimum atomic E-state index is 1.08. The fraction of sp³-hybridized carbons (Fsp3) is 0.120. The highest BCUT2D eigenvalue weighted by molar-refractivity contribution is 5.94. The second-order valence-electron chi connectivity index (χ2n) is 7.49. The topological polar surface area (TPSA) is 0 Å². The molecule has 6 rings (SSSR count). The average Bonchev–Trinajstić information content (AvgIpc) is 3.17. The van der Waals surface area contributed by atoms with Crippen LogP contribution in [0.5, 0.6) is 0 Å². The molecule has 0 heteroatoms. The molecule has 0 N–H and O–H groups in total. The van der Waals surface area contributed by atoms with Crippen molar-refractivity contribution in [1.82, 2.24) is 0 Å².